The number of nitrogens with one attached hydrogen (secondary N) is 1. The molecule has 0 radical (unpaired) electrons. The van der Waals surface area contributed by atoms with Gasteiger partial charge in [0, 0.05) is 6.42 Å². The summed E-state index contributed by atoms with van der Waals surface area (Å²) in [5.41, 5.74) is 6.06. The molecular formula is C15H20N2O7. The summed E-state index contributed by atoms with van der Waals surface area (Å²) in [6.45, 7) is 0. The standard InChI is InChI=1S/C15H20N2O7/c1-23-12-6-8(3-4-11(12)18)5-10(15(22)24-2)17-14(21)9(16)7-13(19)20/h3-4,6,9-10,18H,5,7,16H2,1-2H3,(H,17,21)(H,19,20)/t9?,10-/m0/s1. The molecule has 1 aromatic rings. The Kier molecular flexibility index (Phi) is 6.99. The average Bonchev–Trinajstić information content (AvgIpc) is 2.54. The highest BCUT2D eigenvalue weighted by Crippen LogP contribution is 2.26. The summed E-state index contributed by atoms with van der Waals surface area (Å²) in [5.74, 6) is -2.57. The van der Waals surface area contributed by atoms with E-state index >= 15 is 0 Å². The first-order valence-corrected chi connectivity index (χ1v) is 7.00. The normalized spacial score (nSPS) is 12.8. The predicted molar refractivity (Wildman–Crippen MR) is 82.5 cm³/mol. The van der Waals surface area contributed by atoms with Crippen LogP contribution in [0.5, 0.6) is 11.5 Å². The van der Waals surface area contributed by atoms with Crippen molar-refractivity contribution in [3.63, 3.8) is 0 Å². The van der Waals surface area contributed by atoms with Crippen molar-refractivity contribution in [2.75, 3.05) is 14.2 Å². The van der Waals surface area contributed by atoms with Gasteiger partial charge < -0.3 is 30.7 Å². The van der Waals surface area contributed by atoms with Gasteiger partial charge in [0.1, 0.15) is 6.04 Å². The van der Waals surface area contributed by atoms with Gasteiger partial charge in [0.2, 0.25) is 5.91 Å². The molecule has 1 aromatic carbocycles. The Morgan fingerprint density at radius 2 is 1.96 bits per heavy atom. The van der Waals surface area contributed by atoms with Crippen molar-refractivity contribution in [2.45, 2.75) is 24.9 Å². The Labute approximate surface area is 138 Å². The third kappa shape index (κ3) is 5.43. The minimum absolute atomic E-state index is 0.0504. The molecule has 0 aromatic heterocycles. The summed E-state index contributed by atoms with van der Waals surface area (Å²) in [6, 6.07) is 2.10. The number of hydrogen-bond donors (Lipinski definition) is 4. The maximum Gasteiger partial charge on any atom is 0.328 e. The zero-order valence-corrected chi connectivity index (χ0v) is 13.3. The molecule has 1 rings (SSSR count). The number of methoxy groups -OCH3 is 2. The lowest BCUT2D eigenvalue weighted by molar-refractivity contribution is -0.145. The lowest BCUT2D eigenvalue weighted by Crippen LogP contribution is -2.50. The summed E-state index contributed by atoms with van der Waals surface area (Å²) in [6.07, 6.45) is -0.512. The molecule has 0 saturated heterocycles. The molecule has 0 bridgehead atoms. The van der Waals surface area contributed by atoms with Crippen molar-refractivity contribution < 1.29 is 34.1 Å². The molecule has 0 fully saturated rings. The van der Waals surface area contributed by atoms with Crippen LogP contribution >= 0.6 is 0 Å². The van der Waals surface area contributed by atoms with Crippen molar-refractivity contribution in [1.82, 2.24) is 5.32 Å². The van der Waals surface area contributed by atoms with Crippen molar-refractivity contribution in [1.29, 1.82) is 0 Å². The predicted octanol–water partition coefficient (Wildman–Crippen LogP) is -0.597. The lowest BCUT2D eigenvalue weighted by atomic mass is 10.0. The Bertz CT molecular complexity index is 618. The maximum absolute atomic E-state index is 11.9. The van der Waals surface area contributed by atoms with Gasteiger partial charge in [-0.1, -0.05) is 6.07 Å². The van der Waals surface area contributed by atoms with Crippen LogP contribution in [0, 0.1) is 0 Å². The second-order valence-electron chi connectivity index (χ2n) is 5.00. The molecule has 0 aliphatic rings. The van der Waals surface area contributed by atoms with Gasteiger partial charge in [-0.3, -0.25) is 9.59 Å². The molecule has 1 amide bonds. The number of phenolic OH excluding ortho intramolecular Hbond substituents is 1. The quantitative estimate of drug-likeness (QED) is 0.459. The topological polar surface area (TPSA) is 148 Å². The summed E-state index contributed by atoms with van der Waals surface area (Å²) in [5, 5.41) is 20.6. The van der Waals surface area contributed by atoms with Crippen LogP contribution in [0.1, 0.15) is 12.0 Å². The third-order valence-corrected chi connectivity index (χ3v) is 3.22. The first kappa shape index (κ1) is 19.2. The van der Waals surface area contributed by atoms with Gasteiger partial charge in [0.05, 0.1) is 26.7 Å². The van der Waals surface area contributed by atoms with Crippen LogP contribution in [-0.4, -0.2) is 54.4 Å². The molecule has 0 heterocycles. The van der Waals surface area contributed by atoms with Crippen LogP contribution in [0.3, 0.4) is 0 Å². The monoisotopic (exact) mass is 340 g/mol. The van der Waals surface area contributed by atoms with E-state index in [1.807, 2.05) is 0 Å². The molecule has 0 saturated carbocycles. The number of esters is 1. The number of benzene rings is 1. The second kappa shape index (κ2) is 8.73. The van der Waals surface area contributed by atoms with Crippen molar-refractivity contribution in [2.24, 2.45) is 5.73 Å². The number of aromatic hydroxyl groups is 1. The molecule has 132 valence electrons. The number of nitrogens with two attached hydrogens (primary N) is 1. The Morgan fingerprint density at radius 1 is 1.29 bits per heavy atom. The van der Waals surface area contributed by atoms with Crippen molar-refractivity contribution in [3.05, 3.63) is 23.8 Å². The smallest absolute Gasteiger partial charge is 0.328 e. The largest absolute Gasteiger partial charge is 0.504 e. The summed E-state index contributed by atoms with van der Waals surface area (Å²) in [4.78, 5) is 34.3. The van der Waals surface area contributed by atoms with Crippen LogP contribution < -0.4 is 15.8 Å². The minimum Gasteiger partial charge on any atom is -0.504 e. The number of carbonyl (C=O) groups excluding carboxylic acids is 2. The summed E-state index contributed by atoms with van der Waals surface area (Å²) < 4.78 is 9.61. The number of amides is 1. The van der Waals surface area contributed by atoms with Gasteiger partial charge in [-0.15, -0.1) is 0 Å². The summed E-state index contributed by atoms with van der Waals surface area (Å²) in [7, 11) is 2.54. The van der Waals surface area contributed by atoms with E-state index in [9.17, 15) is 19.5 Å². The molecule has 9 heteroatoms. The van der Waals surface area contributed by atoms with Gasteiger partial charge >= 0.3 is 11.9 Å². The summed E-state index contributed by atoms with van der Waals surface area (Å²) >= 11 is 0. The van der Waals surface area contributed by atoms with Crippen LogP contribution in [0.15, 0.2) is 18.2 Å². The highest BCUT2D eigenvalue weighted by molar-refractivity contribution is 5.89. The molecule has 0 aliphatic heterocycles. The van der Waals surface area contributed by atoms with Gasteiger partial charge in [-0.05, 0) is 17.7 Å². The van der Waals surface area contributed by atoms with E-state index in [0.29, 0.717) is 5.56 Å². The minimum atomic E-state index is -1.29. The zero-order valence-electron chi connectivity index (χ0n) is 13.3. The number of carboxylic acid groups (broad SMARTS) is 1. The zero-order chi connectivity index (χ0) is 18.3. The average molecular weight is 340 g/mol. The molecule has 5 N–H and O–H groups in total. The van der Waals surface area contributed by atoms with Crippen LogP contribution in [0.2, 0.25) is 0 Å². The second-order valence-corrected chi connectivity index (χ2v) is 5.00. The Hall–Kier alpha value is -2.81. The number of aliphatic carboxylic acids is 1. The number of carboxylic acids is 1. The third-order valence-electron chi connectivity index (χ3n) is 3.22. The lowest BCUT2D eigenvalue weighted by Gasteiger charge is -2.19. The molecular weight excluding hydrogens is 320 g/mol. The van der Waals surface area contributed by atoms with Crippen molar-refractivity contribution >= 4 is 17.8 Å². The van der Waals surface area contributed by atoms with Gasteiger partial charge in [-0.25, -0.2) is 4.79 Å². The van der Waals surface area contributed by atoms with Crippen LogP contribution in [0.25, 0.3) is 0 Å². The van der Waals surface area contributed by atoms with Gasteiger partial charge in [-0.2, -0.15) is 0 Å². The van der Waals surface area contributed by atoms with E-state index in [2.05, 4.69) is 10.1 Å². The Morgan fingerprint density at radius 3 is 2.50 bits per heavy atom. The van der Waals surface area contributed by atoms with Crippen LogP contribution in [-0.2, 0) is 25.5 Å². The van der Waals surface area contributed by atoms with Crippen LogP contribution in [0.4, 0.5) is 0 Å². The number of carbonyl (C=O) groups is 3. The molecule has 1 unspecified atom stereocenters. The first-order chi connectivity index (χ1) is 11.3. The first-order valence-electron chi connectivity index (χ1n) is 7.00. The molecule has 0 spiro atoms. The SMILES string of the molecule is COC(=O)[C@H](Cc1ccc(O)c(OC)c1)NC(=O)C(N)CC(=O)O. The number of ether oxygens (including phenoxy) is 2. The molecule has 0 aliphatic carbocycles. The van der Waals surface area contributed by atoms with Crippen molar-refractivity contribution in [3.8, 4) is 11.5 Å². The number of phenols is 1. The van der Waals surface area contributed by atoms with Gasteiger partial charge in [0.25, 0.3) is 0 Å². The fourth-order valence-corrected chi connectivity index (χ4v) is 1.98. The molecule has 2 atom stereocenters. The van der Waals surface area contributed by atoms with Gasteiger partial charge in [0.15, 0.2) is 11.5 Å². The van der Waals surface area contributed by atoms with E-state index in [1.54, 1.807) is 6.07 Å². The van der Waals surface area contributed by atoms with E-state index in [4.69, 9.17) is 15.6 Å². The highest BCUT2D eigenvalue weighted by Gasteiger charge is 2.26. The maximum atomic E-state index is 11.9. The Balaban J connectivity index is 2.88. The number of rotatable bonds is 8. The molecule has 9 nitrogen and oxygen atoms in total. The van der Waals surface area contributed by atoms with E-state index in [0.717, 1.165) is 7.11 Å². The highest BCUT2D eigenvalue weighted by atomic mass is 16.5. The molecule has 24 heavy (non-hydrogen) atoms. The number of hydrogen-bond acceptors (Lipinski definition) is 7. The van der Waals surface area contributed by atoms with E-state index < -0.39 is 36.4 Å². The fraction of sp³-hybridized carbons (Fsp3) is 0.400. The van der Waals surface area contributed by atoms with E-state index in [-0.39, 0.29) is 17.9 Å². The fourth-order valence-electron chi connectivity index (χ4n) is 1.98. The van der Waals surface area contributed by atoms with E-state index in [1.165, 1.54) is 19.2 Å².